The lowest BCUT2D eigenvalue weighted by atomic mass is 9.98. The second-order valence-electron chi connectivity index (χ2n) is 11.5. The molecule has 8 heteroatoms. The highest BCUT2D eigenvalue weighted by molar-refractivity contribution is 7.09. The highest BCUT2D eigenvalue weighted by atomic mass is 32.1. The Morgan fingerprint density at radius 1 is 0.717 bits per heavy atom. The number of fused-ring (bicyclic) bond motifs is 1. The predicted molar refractivity (Wildman–Crippen MR) is 186 cm³/mol. The summed E-state index contributed by atoms with van der Waals surface area (Å²) in [6.45, 7) is 0.749. The van der Waals surface area contributed by atoms with Gasteiger partial charge in [-0.25, -0.2) is 0 Å². The van der Waals surface area contributed by atoms with Crippen LogP contribution in [-0.2, 0) is 35.4 Å². The molecule has 0 aliphatic heterocycles. The Labute approximate surface area is 274 Å². The number of hydrogen-bond acceptors (Lipinski definition) is 5. The largest absolute Gasteiger partial charge is 0.354 e. The number of carbonyl (C=O) groups is 3. The fraction of sp³-hybridized carbons (Fsp3) is 0.237. The van der Waals surface area contributed by atoms with Crippen LogP contribution in [0.1, 0.15) is 31.9 Å². The molecule has 0 unspecified atom stereocenters. The number of carbonyl (C=O) groups excluding carboxylic acids is 3. The van der Waals surface area contributed by atoms with Crippen LogP contribution >= 0.6 is 11.3 Å². The molecular formula is C38H40N4O3S. The Morgan fingerprint density at radius 2 is 1.46 bits per heavy atom. The average Bonchev–Trinajstić information content (AvgIpc) is 3.62. The van der Waals surface area contributed by atoms with Crippen LogP contribution in [0.2, 0.25) is 0 Å². The first kappa shape index (κ1) is 32.6. The van der Waals surface area contributed by atoms with Gasteiger partial charge in [0.05, 0.1) is 0 Å². The molecule has 0 fully saturated rings. The summed E-state index contributed by atoms with van der Waals surface area (Å²) in [6.07, 6.45) is 1.34. The Kier molecular flexibility index (Phi) is 11.0. The molecule has 0 aliphatic rings. The summed E-state index contributed by atoms with van der Waals surface area (Å²) in [5.41, 5.74) is 9.18. The van der Waals surface area contributed by atoms with Crippen molar-refractivity contribution in [2.45, 2.75) is 37.9 Å². The monoisotopic (exact) mass is 632 g/mol. The molecule has 2 atom stereocenters. The zero-order valence-corrected chi connectivity index (χ0v) is 27.1. The first-order chi connectivity index (χ1) is 22.3. The Balaban J connectivity index is 1.43. The van der Waals surface area contributed by atoms with E-state index in [9.17, 15) is 14.4 Å². The summed E-state index contributed by atoms with van der Waals surface area (Å²) in [4.78, 5) is 46.1. The van der Waals surface area contributed by atoms with E-state index in [-0.39, 0.29) is 24.1 Å². The van der Waals surface area contributed by atoms with Crippen molar-refractivity contribution >= 4 is 39.8 Å². The Bertz CT molecular complexity index is 1770. The highest BCUT2D eigenvalue weighted by Crippen LogP contribution is 2.22. The van der Waals surface area contributed by atoms with Crippen molar-refractivity contribution in [2.24, 2.45) is 5.73 Å². The van der Waals surface area contributed by atoms with E-state index in [1.54, 1.807) is 43.6 Å². The lowest BCUT2D eigenvalue weighted by Crippen LogP contribution is -2.56. The van der Waals surface area contributed by atoms with E-state index in [2.05, 4.69) is 11.4 Å². The highest BCUT2D eigenvalue weighted by Gasteiger charge is 2.35. The van der Waals surface area contributed by atoms with Crippen molar-refractivity contribution in [1.82, 2.24) is 15.1 Å². The number of amides is 3. The summed E-state index contributed by atoms with van der Waals surface area (Å²) in [6, 6.07) is 33.6. The van der Waals surface area contributed by atoms with E-state index in [0.717, 1.165) is 32.3 Å². The quantitative estimate of drug-likeness (QED) is 0.180. The number of nitrogens with two attached hydrogens (primary N) is 1. The van der Waals surface area contributed by atoms with Gasteiger partial charge in [0.1, 0.15) is 12.1 Å². The SMILES string of the molecule is CN(C(=O)c1cccc(CN)c1)[C@H](Cc1ccc2ccccc2c1)C(=O)N(C)[C@H](Cc1cccs1)C(=O)NCCc1ccccc1. The van der Waals surface area contributed by atoms with Crippen molar-refractivity contribution in [3.63, 3.8) is 0 Å². The van der Waals surface area contributed by atoms with Crippen LogP contribution in [0.4, 0.5) is 0 Å². The number of rotatable bonds is 13. The van der Waals surface area contributed by atoms with Gasteiger partial charge >= 0.3 is 0 Å². The Hall–Kier alpha value is -4.79. The maximum atomic E-state index is 14.5. The van der Waals surface area contributed by atoms with E-state index in [4.69, 9.17) is 5.73 Å². The van der Waals surface area contributed by atoms with Gasteiger partial charge in [0.15, 0.2) is 0 Å². The number of nitrogens with one attached hydrogen (secondary N) is 1. The van der Waals surface area contributed by atoms with Gasteiger partial charge in [0.2, 0.25) is 11.8 Å². The van der Waals surface area contributed by atoms with Crippen LogP contribution in [0.25, 0.3) is 10.8 Å². The van der Waals surface area contributed by atoms with Crippen molar-refractivity contribution in [3.05, 3.63) is 142 Å². The van der Waals surface area contributed by atoms with Gasteiger partial charge in [0, 0.05) is 50.5 Å². The third-order valence-electron chi connectivity index (χ3n) is 8.37. The number of likely N-dealkylation sites (N-methyl/N-ethyl adjacent to an activating group) is 2. The van der Waals surface area contributed by atoms with Crippen molar-refractivity contribution < 1.29 is 14.4 Å². The Morgan fingerprint density at radius 3 is 2.20 bits per heavy atom. The molecule has 0 spiro atoms. The predicted octanol–water partition coefficient (Wildman–Crippen LogP) is 5.47. The summed E-state index contributed by atoms with van der Waals surface area (Å²) < 4.78 is 0. The molecule has 0 saturated carbocycles. The van der Waals surface area contributed by atoms with Gasteiger partial charge in [-0.15, -0.1) is 11.3 Å². The summed E-state index contributed by atoms with van der Waals surface area (Å²) in [7, 11) is 3.32. The number of hydrogen-bond donors (Lipinski definition) is 2. The normalized spacial score (nSPS) is 12.3. The summed E-state index contributed by atoms with van der Waals surface area (Å²) >= 11 is 1.55. The second-order valence-corrected chi connectivity index (χ2v) is 12.5. The molecule has 5 aromatic rings. The van der Waals surface area contributed by atoms with E-state index < -0.39 is 12.1 Å². The van der Waals surface area contributed by atoms with Crippen LogP contribution in [0, 0.1) is 0 Å². The molecule has 236 valence electrons. The van der Waals surface area contributed by atoms with E-state index >= 15 is 0 Å². The second kappa shape index (κ2) is 15.5. The first-order valence-electron chi connectivity index (χ1n) is 15.5. The number of thiophene rings is 1. The smallest absolute Gasteiger partial charge is 0.254 e. The topological polar surface area (TPSA) is 95.7 Å². The number of nitrogens with zero attached hydrogens (tertiary/aromatic N) is 2. The molecule has 1 aromatic heterocycles. The van der Waals surface area contributed by atoms with Gasteiger partial charge < -0.3 is 20.9 Å². The molecule has 0 saturated heterocycles. The molecule has 4 aromatic carbocycles. The van der Waals surface area contributed by atoms with E-state index in [1.165, 1.54) is 9.80 Å². The zero-order valence-electron chi connectivity index (χ0n) is 26.3. The molecule has 46 heavy (non-hydrogen) atoms. The van der Waals surface area contributed by atoms with E-state index in [0.29, 0.717) is 31.5 Å². The summed E-state index contributed by atoms with van der Waals surface area (Å²) in [5.74, 6) is -0.821. The lowest BCUT2D eigenvalue weighted by Gasteiger charge is -2.34. The maximum absolute atomic E-state index is 14.5. The molecule has 3 N–H and O–H groups in total. The minimum atomic E-state index is -0.858. The van der Waals surface area contributed by atoms with Gasteiger partial charge in [-0.3, -0.25) is 14.4 Å². The fourth-order valence-corrected chi connectivity index (χ4v) is 6.40. The standard InChI is InChI=1S/C38H40N4O3S/c1-41(34(25-33-16-9-21-46-33)36(43)40-20-19-27-10-4-3-5-11-27)38(45)35(24-28-17-18-30-13-6-7-14-31(30)22-28)42(2)37(44)32-15-8-12-29(23-32)26-39/h3-18,21-23,34-35H,19-20,24-26,39H2,1-2H3,(H,40,43)/t34-,35-/m1/s1. The van der Waals surface area contributed by atoms with Gasteiger partial charge in [-0.05, 0) is 57.5 Å². The molecule has 1 heterocycles. The van der Waals surface area contributed by atoms with Gasteiger partial charge in [-0.2, -0.15) is 0 Å². The molecular weight excluding hydrogens is 593 g/mol. The minimum absolute atomic E-state index is 0.228. The number of benzene rings is 4. The van der Waals surface area contributed by atoms with Crippen molar-refractivity contribution in [3.8, 4) is 0 Å². The fourth-order valence-electron chi connectivity index (χ4n) is 5.66. The van der Waals surface area contributed by atoms with Crippen molar-refractivity contribution in [2.75, 3.05) is 20.6 Å². The molecule has 0 aliphatic carbocycles. The first-order valence-corrected chi connectivity index (χ1v) is 16.4. The molecule has 3 amide bonds. The maximum Gasteiger partial charge on any atom is 0.254 e. The lowest BCUT2D eigenvalue weighted by molar-refractivity contribution is -0.142. The van der Waals surface area contributed by atoms with Crippen molar-refractivity contribution in [1.29, 1.82) is 0 Å². The third kappa shape index (κ3) is 8.07. The molecule has 0 radical (unpaired) electrons. The van der Waals surface area contributed by atoms with Crippen LogP contribution in [0.5, 0.6) is 0 Å². The summed E-state index contributed by atoms with van der Waals surface area (Å²) in [5, 5.41) is 7.17. The minimum Gasteiger partial charge on any atom is -0.354 e. The van der Waals surface area contributed by atoms with Crippen LogP contribution in [0.15, 0.2) is 115 Å². The molecule has 0 bridgehead atoms. The molecule has 7 nitrogen and oxygen atoms in total. The van der Waals surface area contributed by atoms with Crippen LogP contribution in [0.3, 0.4) is 0 Å². The zero-order chi connectivity index (χ0) is 32.5. The van der Waals surface area contributed by atoms with Crippen LogP contribution in [-0.4, -0.2) is 60.2 Å². The van der Waals surface area contributed by atoms with Crippen LogP contribution < -0.4 is 11.1 Å². The van der Waals surface area contributed by atoms with Gasteiger partial charge in [-0.1, -0.05) is 91.0 Å². The third-order valence-corrected chi connectivity index (χ3v) is 9.27. The molecule has 5 rings (SSSR count). The van der Waals surface area contributed by atoms with Gasteiger partial charge in [0.25, 0.3) is 5.91 Å². The van der Waals surface area contributed by atoms with E-state index in [1.807, 2.05) is 90.3 Å². The average molecular weight is 633 g/mol.